The minimum absolute atomic E-state index is 0.0712. The van der Waals surface area contributed by atoms with Gasteiger partial charge in [-0.05, 0) is 79.6 Å². The van der Waals surface area contributed by atoms with E-state index >= 15 is 4.39 Å². The summed E-state index contributed by atoms with van der Waals surface area (Å²) in [6, 6.07) is 14.1. The smallest absolute Gasteiger partial charge is 0.416 e. The summed E-state index contributed by atoms with van der Waals surface area (Å²) in [6.45, 7) is 2.21. The second-order valence-electron chi connectivity index (χ2n) is 11.8. The van der Waals surface area contributed by atoms with Crippen molar-refractivity contribution in [3.05, 3.63) is 101 Å². The molecule has 0 saturated heterocycles. The van der Waals surface area contributed by atoms with Gasteiger partial charge in [-0.3, -0.25) is 4.79 Å². The van der Waals surface area contributed by atoms with E-state index in [0.717, 1.165) is 50.3 Å². The van der Waals surface area contributed by atoms with E-state index in [-0.39, 0.29) is 41.9 Å². The molecular formula is C36H41F5N2O4. The summed E-state index contributed by atoms with van der Waals surface area (Å²) >= 11 is 0. The monoisotopic (exact) mass is 660 g/mol. The molecule has 0 aliphatic heterocycles. The van der Waals surface area contributed by atoms with Crippen LogP contribution in [0.4, 0.5) is 26.7 Å². The van der Waals surface area contributed by atoms with Gasteiger partial charge in [-0.2, -0.15) is 13.2 Å². The van der Waals surface area contributed by atoms with E-state index in [1.807, 2.05) is 0 Å². The van der Waals surface area contributed by atoms with Gasteiger partial charge in [-0.25, -0.2) is 13.6 Å². The lowest BCUT2D eigenvalue weighted by molar-refractivity contribution is -0.143. The van der Waals surface area contributed by atoms with Gasteiger partial charge >= 0.3 is 18.2 Å². The molecule has 0 bridgehead atoms. The van der Waals surface area contributed by atoms with Gasteiger partial charge in [0.15, 0.2) is 11.6 Å². The number of rotatable bonds is 15. The molecular weight excluding hydrogens is 619 g/mol. The third-order valence-electron chi connectivity index (χ3n) is 8.31. The highest BCUT2D eigenvalue weighted by atomic mass is 19.4. The maximum absolute atomic E-state index is 15.1. The number of carbonyl (C=O) groups excluding carboxylic acids is 2. The van der Waals surface area contributed by atoms with Crippen LogP contribution in [0, 0.1) is 11.6 Å². The predicted octanol–water partition coefficient (Wildman–Crippen LogP) is 8.60. The number of alkyl halides is 3. The molecule has 0 heterocycles. The van der Waals surface area contributed by atoms with Crippen molar-refractivity contribution in [3.8, 4) is 5.75 Å². The Bertz CT molecular complexity index is 1480. The fourth-order valence-corrected chi connectivity index (χ4v) is 5.97. The van der Waals surface area contributed by atoms with Crippen LogP contribution in [0.5, 0.6) is 5.75 Å². The molecule has 3 aromatic rings. The van der Waals surface area contributed by atoms with Crippen molar-refractivity contribution in [2.45, 2.75) is 88.9 Å². The molecule has 4 rings (SSSR count). The zero-order valence-electron chi connectivity index (χ0n) is 26.4. The highest BCUT2D eigenvalue weighted by Crippen LogP contribution is 2.40. The number of hydrogen-bond acceptors (Lipinski definition) is 4. The third-order valence-corrected chi connectivity index (χ3v) is 8.31. The van der Waals surface area contributed by atoms with Crippen molar-refractivity contribution in [2.75, 3.05) is 13.2 Å². The molecule has 254 valence electrons. The Kier molecular flexibility index (Phi) is 12.6. The number of hydrogen-bond donors (Lipinski definition) is 2. The Hall–Kier alpha value is -4.15. The van der Waals surface area contributed by atoms with Crippen LogP contribution in [-0.4, -0.2) is 31.3 Å². The highest BCUT2D eigenvalue weighted by Gasteiger charge is 2.41. The van der Waals surface area contributed by atoms with Crippen molar-refractivity contribution in [1.29, 1.82) is 0 Å². The Labute approximate surface area is 272 Å². The molecule has 6 nitrogen and oxygen atoms in total. The maximum Gasteiger partial charge on any atom is 0.416 e. The van der Waals surface area contributed by atoms with E-state index in [9.17, 15) is 27.2 Å². The van der Waals surface area contributed by atoms with E-state index in [1.165, 1.54) is 12.1 Å². The minimum atomic E-state index is -4.87. The van der Waals surface area contributed by atoms with Crippen molar-refractivity contribution < 1.29 is 41.0 Å². The van der Waals surface area contributed by atoms with Gasteiger partial charge in [0.1, 0.15) is 5.82 Å². The van der Waals surface area contributed by atoms with Gasteiger partial charge in [-0.15, -0.1) is 0 Å². The van der Waals surface area contributed by atoms with Crippen LogP contribution in [0.3, 0.4) is 0 Å². The molecule has 2 N–H and O–H groups in total. The summed E-state index contributed by atoms with van der Waals surface area (Å²) in [5.74, 6) is -2.24. The van der Waals surface area contributed by atoms with Crippen molar-refractivity contribution >= 4 is 12.0 Å². The lowest BCUT2D eigenvalue weighted by Gasteiger charge is -2.37. The Balaban J connectivity index is 1.69. The predicted molar refractivity (Wildman–Crippen MR) is 168 cm³/mol. The number of ether oxygens (including phenoxy) is 2. The van der Waals surface area contributed by atoms with Crippen LogP contribution in [0.15, 0.2) is 66.7 Å². The molecule has 1 aliphatic carbocycles. The van der Waals surface area contributed by atoms with Gasteiger partial charge in [0.25, 0.3) is 0 Å². The highest BCUT2D eigenvalue weighted by molar-refractivity contribution is 5.76. The van der Waals surface area contributed by atoms with E-state index in [1.54, 1.807) is 37.3 Å². The largest absolute Gasteiger partial charge is 0.491 e. The van der Waals surface area contributed by atoms with E-state index in [0.29, 0.717) is 43.9 Å². The quantitative estimate of drug-likeness (QED) is 0.0973. The standard InChI is InChI=1S/C36H41F5N2O4/c1-2-46-33(44)16-8-3-4-11-19-47-32-23-26(17-18-31(32)38)35(24-25-12-6-5-7-13-25,43-34(45)42-30-14-9-10-15-30)27-20-28(36(39,40)41)22-29(37)21-27/h5-7,12-13,17-18,20-23,30H,2-4,8-11,14-16,19,24H2,1H3,(H2,42,43,45)/t35-/m1/s1. The molecule has 1 fully saturated rings. The van der Waals surface area contributed by atoms with Gasteiger partial charge in [0, 0.05) is 18.9 Å². The number of nitrogens with one attached hydrogen (secondary N) is 2. The van der Waals surface area contributed by atoms with Crippen LogP contribution in [0.2, 0.25) is 0 Å². The fourth-order valence-electron chi connectivity index (χ4n) is 5.97. The topological polar surface area (TPSA) is 76.7 Å². The average molecular weight is 661 g/mol. The molecule has 1 atom stereocenters. The minimum Gasteiger partial charge on any atom is -0.491 e. The number of esters is 1. The molecule has 0 aromatic heterocycles. The van der Waals surface area contributed by atoms with Crippen molar-refractivity contribution in [2.24, 2.45) is 0 Å². The molecule has 0 radical (unpaired) electrons. The molecule has 2 amide bonds. The number of carbonyl (C=O) groups is 2. The average Bonchev–Trinajstić information content (AvgIpc) is 3.54. The first-order valence-electron chi connectivity index (χ1n) is 16.1. The molecule has 1 aliphatic rings. The van der Waals surface area contributed by atoms with Gasteiger partial charge in [-0.1, -0.05) is 62.1 Å². The van der Waals surface area contributed by atoms with E-state index in [4.69, 9.17) is 9.47 Å². The Morgan fingerprint density at radius 2 is 1.55 bits per heavy atom. The molecule has 3 aromatic carbocycles. The number of halogens is 5. The van der Waals surface area contributed by atoms with Gasteiger partial charge in [0.2, 0.25) is 0 Å². The van der Waals surface area contributed by atoms with Crippen LogP contribution < -0.4 is 15.4 Å². The Morgan fingerprint density at radius 1 is 0.851 bits per heavy atom. The molecule has 11 heteroatoms. The second-order valence-corrected chi connectivity index (χ2v) is 11.8. The van der Waals surface area contributed by atoms with Crippen LogP contribution in [0.1, 0.15) is 87.0 Å². The number of amides is 2. The normalized spacial score (nSPS) is 14.8. The fraction of sp³-hybridized carbons (Fsp3) is 0.444. The first-order chi connectivity index (χ1) is 22.5. The lowest BCUT2D eigenvalue weighted by atomic mass is 9.77. The molecule has 1 saturated carbocycles. The van der Waals surface area contributed by atoms with Crippen molar-refractivity contribution in [1.82, 2.24) is 10.6 Å². The van der Waals surface area contributed by atoms with Crippen molar-refractivity contribution in [3.63, 3.8) is 0 Å². The van der Waals surface area contributed by atoms with Crippen LogP contribution in [0.25, 0.3) is 0 Å². The summed E-state index contributed by atoms with van der Waals surface area (Å²) in [5, 5.41) is 5.82. The zero-order valence-corrected chi connectivity index (χ0v) is 26.4. The van der Waals surface area contributed by atoms with Crippen LogP contribution in [-0.2, 0) is 27.7 Å². The number of unbranched alkanes of at least 4 members (excludes halogenated alkanes) is 3. The van der Waals surface area contributed by atoms with Gasteiger partial charge < -0.3 is 20.1 Å². The molecule has 0 unspecified atom stereocenters. The van der Waals surface area contributed by atoms with E-state index < -0.39 is 34.9 Å². The summed E-state index contributed by atoms with van der Waals surface area (Å²) in [7, 11) is 0. The van der Waals surface area contributed by atoms with E-state index in [2.05, 4.69) is 10.6 Å². The first kappa shape index (κ1) is 35.7. The molecule has 0 spiro atoms. The molecule has 47 heavy (non-hydrogen) atoms. The Morgan fingerprint density at radius 3 is 2.26 bits per heavy atom. The SMILES string of the molecule is CCOC(=O)CCCCCCOc1cc([C@@](Cc2ccccc2)(NC(=O)NC2CCCC2)c2cc(F)cc(C(F)(F)F)c2)ccc1F. The number of urea groups is 1. The maximum atomic E-state index is 15.1. The third kappa shape index (κ3) is 10.2. The lowest BCUT2D eigenvalue weighted by Crippen LogP contribution is -2.53. The summed E-state index contributed by atoms with van der Waals surface area (Å²) in [6.07, 6.45) is 1.42. The first-order valence-corrected chi connectivity index (χ1v) is 16.1. The summed E-state index contributed by atoms with van der Waals surface area (Å²) in [4.78, 5) is 25.1. The summed E-state index contributed by atoms with van der Waals surface area (Å²) < 4.78 is 82.8. The second kappa shape index (κ2) is 16.6. The van der Waals surface area contributed by atoms with Gasteiger partial charge in [0.05, 0.1) is 24.3 Å². The zero-order chi connectivity index (χ0) is 33.9. The number of benzene rings is 3. The summed E-state index contributed by atoms with van der Waals surface area (Å²) in [5.41, 5.74) is -2.28. The van der Waals surface area contributed by atoms with Crippen LogP contribution >= 0.6 is 0 Å².